The fourth-order valence-corrected chi connectivity index (χ4v) is 6.45. The molecule has 0 amide bonds. The van der Waals surface area contributed by atoms with Gasteiger partial charge in [-0.15, -0.1) is 11.3 Å². The molecule has 0 radical (unpaired) electrons. The smallest absolute Gasteiger partial charge is 0.338 e. The second kappa shape index (κ2) is 12.9. The summed E-state index contributed by atoms with van der Waals surface area (Å²) in [5.74, 6) is -7.75. The number of carbonyl (C=O) groups is 2. The number of hydrogen-bond acceptors (Lipinski definition) is 11. The molecule has 0 saturated carbocycles. The highest BCUT2D eigenvalue weighted by atomic mass is 35.5. The number of carbonyl (C=O) groups excluding carboxylic acids is 1. The minimum atomic E-state index is -3.29. The van der Waals surface area contributed by atoms with Crippen LogP contribution < -0.4 is 5.32 Å². The first-order valence-electron chi connectivity index (χ1n) is 13.9. The monoisotopic (exact) mass is 675 g/mol. The van der Waals surface area contributed by atoms with Crippen molar-refractivity contribution in [1.82, 2.24) is 20.3 Å². The van der Waals surface area contributed by atoms with Crippen LogP contribution in [0.1, 0.15) is 36.9 Å². The van der Waals surface area contributed by atoms with Crippen molar-refractivity contribution in [2.24, 2.45) is 4.99 Å². The lowest BCUT2D eigenvalue weighted by Crippen LogP contribution is -2.48. The van der Waals surface area contributed by atoms with Gasteiger partial charge >= 0.3 is 11.9 Å². The number of alkyl halides is 2. The maximum atomic E-state index is 15.6. The summed E-state index contributed by atoms with van der Waals surface area (Å²) in [6, 6.07) is -1.52. The van der Waals surface area contributed by atoms with Crippen LogP contribution in [0.5, 0.6) is 0 Å². The quantitative estimate of drug-likeness (QED) is 0.206. The van der Waals surface area contributed by atoms with E-state index in [0.717, 1.165) is 11.1 Å². The van der Waals surface area contributed by atoms with Crippen LogP contribution in [0.15, 0.2) is 40.0 Å². The molecule has 0 aliphatic carbocycles. The van der Waals surface area contributed by atoms with Crippen LogP contribution in [0, 0.1) is 11.6 Å². The van der Waals surface area contributed by atoms with Gasteiger partial charge in [-0.05, 0) is 19.9 Å². The standard InChI is InChI=1S/C28H30ClF4N5O6S/c1-4-43-25(39)18-16(35-23(24-34-8-10-45-24)36-21(18)14-5-6-15(30)20(31)19(14)29)11-37-13-28(32,33)22-17(37)12-44-38(22)9-7-27(2,42-3)26(40)41/h5-6,8,10,17,21-22H,4,7,9,11-13H2,1-3H3,(H,35,36)(H,40,41)/t17-,21+,22+,27-/m1/s1. The molecule has 4 heterocycles. The van der Waals surface area contributed by atoms with E-state index in [2.05, 4.69) is 15.3 Å². The summed E-state index contributed by atoms with van der Waals surface area (Å²) in [6.45, 7) is 1.64. The Balaban J connectivity index is 1.51. The first-order chi connectivity index (χ1) is 21.3. The van der Waals surface area contributed by atoms with Gasteiger partial charge in [0.2, 0.25) is 0 Å². The fourth-order valence-electron chi connectivity index (χ4n) is 5.61. The number of halogens is 5. The molecule has 3 aliphatic rings. The highest BCUT2D eigenvalue weighted by Crippen LogP contribution is 2.43. The number of ether oxygens (including phenoxy) is 2. The molecule has 2 fully saturated rings. The molecule has 0 bridgehead atoms. The Morgan fingerprint density at radius 2 is 2.09 bits per heavy atom. The van der Waals surface area contributed by atoms with Crippen LogP contribution in [0.3, 0.4) is 0 Å². The first-order valence-corrected chi connectivity index (χ1v) is 15.1. The van der Waals surface area contributed by atoms with Crippen molar-refractivity contribution in [2.75, 3.05) is 40.0 Å². The zero-order valence-corrected chi connectivity index (χ0v) is 25.9. The van der Waals surface area contributed by atoms with E-state index in [-0.39, 0.29) is 55.4 Å². The summed E-state index contributed by atoms with van der Waals surface area (Å²) in [4.78, 5) is 41.0. The Bertz CT molecular complexity index is 1530. The number of nitrogens with zero attached hydrogens (tertiary/aromatic N) is 4. The highest BCUT2D eigenvalue weighted by Gasteiger charge is 2.61. The van der Waals surface area contributed by atoms with Gasteiger partial charge in [0.05, 0.1) is 36.4 Å². The van der Waals surface area contributed by atoms with Crippen molar-refractivity contribution in [3.8, 4) is 0 Å². The SMILES string of the molecule is CCOC(=O)C1=C(CN2CC(F)(F)[C@@H]3[C@H]2CON3CC[C@@](C)(OC)C(=O)O)NC(c2nccs2)=N[C@H]1c1ccc(F)c(F)c1Cl. The van der Waals surface area contributed by atoms with Crippen molar-refractivity contribution in [1.29, 1.82) is 0 Å². The Morgan fingerprint density at radius 3 is 2.73 bits per heavy atom. The van der Waals surface area contributed by atoms with Crippen molar-refractivity contribution >= 4 is 40.7 Å². The largest absolute Gasteiger partial charge is 0.479 e. The molecule has 2 aromatic rings. The third-order valence-electron chi connectivity index (χ3n) is 8.09. The molecular formula is C28H30ClF4N5O6S. The number of carboxylic acids is 1. The number of nitrogens with one attached hydrogen (secondary N) is 1. The van der Waals surface area contributed by atoms with Crippen LogP contribution in [0.2, 0.25) is 5.02 Å². The molecule has 244 valence electrons. The lowest BCUT2D eigenvalue weighted by Gasteiger charge is -2.30. The number of aliphatic carboxylic acids is 1. The minimum absolute atomic E-state index is 0.0358. The number of likely N-dealkylation sites (tertiary alicyclic amines) is 1. The predicted molar refractivity (Wildman–Crippen MR) is 154 cm³/mol. The van der Waals surface area contributed by atoms with E-state index in [4.69, 9.17) is 25.9 Å². The number of benzene rings is 1. The molecular weight excluding hydrogens is 646 g/mol. The van der Waals surface area contributed by atoms with Crippen molar-refractivity contribution < 1.29 is 46.6 Å². The molecule has 17 heteroatoms. The van der Waals surface area contributed by atoms with Crippen LogP contribution >= 0.6 is 22.9 Å². The number of carboxylic acid groups (broad SMARTS) is 1. The van der Waals surface area contributed by atoms with Gasteiger partial charge < -0.3 is 19.9 Å². The van der Waals surface area contributed by atoms with Gasteiger partial charge in [-0.2, -0.15) is 5.06 Å². The molecule has 11 nitrogen and oxygen atoms in total. The van der Waals surface area contributed by atoms with Crippen molar-refractivity contribution in [3.05, 3.63) is 62.2 Å². The summed E-state index contributed by atoms with van der Waals surface area (Å²) in [5.41, 5.74) is -1.63. The van der Waals surface area contributed by atoms with E-state index in [0.29, 0.717) is 5.01 Å². The van der Waals surface area contributed by atoms with Crippen LogP contribution in [-0.4, -0.2) is 101 Å². The topological polar surface area (TPSA) is 126 Å². The maximum Gasteiger partial charge on any atom is 0.338 e. The Labute approximate surface area is 264 Å². The minimum Gasteiger partial charge on any atom is -0.479 e. The Morgan fingerprint density at radius 1 is 1.33 bits per heavy atom. The third kappa shape index (κ3) is 6.31. The summed E-state index contributed by atoms with van der Waals surface area (Å²) in [7, 11) is 1.23. The summed E-state index contributed by atoms with van der Waals surface area (Å²) in [6.07, 6.45) is 1.39. The average molecular weight is 676 g/mol. The average Bonchev–Trinajstić information content (AvgIpc) is 3.74. The molecule has 0 unspecified atom stereocenters. The molecule has 5 rings (SSSR count). The van der Waals surface area contributed by atoms with E-state index >= 15 is 8.78 Å². The number of aromatic nitrogens is 1. The molecule has 1 aromatic carbocycles. The van der Waals surface area contributed by atoms with Crippen LogP contribution in [0.25, 0.3) is 0 Å². The van der Waals surface area contributed by atoms with E-state index in [1.54, 1.807) is 12.3 Å². The third-order valence-corrected chi connectivity index (χ3v) is 9.25. The van der Waals surface area contributed by atoms with E-state index in [1.165, 1.54) is 42.5 Å². The normalized spacial score (nSPS) is 24.6. The van der Waals surface area contributed by atoms with E-state index < -0.39 is 64.8 Å². The van der Waals surface area contributed by atoms with Gasteiger partial charge in [0.1, 0.15) is 12.1 Å². The van der Waals surface area contributed by atoms with Gasteiger partial charge in [-0.3, -0.25) is 14.7 Å². The van der Waals surface area contributed by atoms with E-state index in [9.17, 15) is 23.5 Å². The molecule has 2 N–H and O–H groups in total. The van der Waals surface area contributed by atoms with Crippen LogP contribution in [0.4, 0.5) is 17.6 Å². The number of rotatable bonds is 11. The number of esters is 1. The zero-order chi connectivity index (χ0) is 32.7. The number of hydrogen-bond donors (Lipinski definition) is 2. The molecule has 1 aromatic heterocycles. The number of aliphatic imine (C=N–C) groups is 1. The van der Waals surface area contributed by atoms with Gasteiger partial charge in [0.15, 0.2) is 28.1 Å². The van der Waals surface area contributed by atoms with Crippen molar-refractivity contribution in [2.45, 2.75) is 49.9 Å². The molecule has 4 atom stereocenters. The summed E-state index contributed by atoms with van der Waals surface area (Å²) >= 11 is 7.42. The second-order valence-electron chi connectivity index (χ2n) is 10.8. The summed E-state index contributed by atoms with van der Waals surface area (Å²) < 4.78 is 70.2. The summed E-state index contributed by atoms with van der Waals surface area (Å²) in [5, 5.41) is 15.1. The van der Waals surface area contributed by atoms with Crippen LogP contribution in [-0.2, 0) is 23.9 Å². The zero-order valence-electron chi connectivity index (χ0n) is 24.4. The van der Waals surface area contributed by atoms with Gasteiger partial charge in [-0.25, -0.2) is 32.1 Å². The highest BCUT2D eigenvalue weighted by molar-refractivity contribution is 7.11. The lowest BCUT2D eigenvalue weighted by atomic mass is 9.95. The van der Waals surface area contributed by atoms with Gasteiger partial charge in [-0.1, -0.05) is 17.7 Å². The van der Waals surface area contributed by atoms with Gasteiger partial charge in [0.25, 0.3) is 5.92 Å². The Hall–Kier alpha value is -3.15. The van der Waals surface area contributed by atoms with Crippen molar-refractivity contribution in [3.63, 3.8) is 0 Å². The number of hydroxylamine groups is 2. The number of fused-ring (bicyclic) bond motifs is 1. The number of amidine groups is 1. The first kappa shape index (κ1) is 33.2. The molecule has 2 saturated heterocycles. The predicted octanol–water partition coefficient (Wildman–Crippen LogP) is 3.80. The molecule has 45 heavy (non-hydrogen) atoms. The fraction of sp³-hybridized carbons (Fsp3) is 0.500. The molecule has 3 aliphatic heterocycles. The number of methoxy groups -OCH3 is 1. The lowest BCUT2D eigenvalue weighted by molar-refractivity contribution is -0.192. The Kier molecular flexibility index (Phi) is 9.54. The number of thiazole rings is 1. The van der Waals surface area contributed by atoms with E-state index in [1.807, 2.05) is 0 Å². The maximum absolute atomic E-state index is 15.6. The molecule has 0 spiro atoms. The van der Waals surface area contributed by atoms with Gasteiger partial charge in [0, 0.05) is 49.5 Å². The second-order valence-corrected chi connectivity index (χ2v) is 12.1.